The summed E-state index contributed by atoms with van der Waals surface area (Å²) in [5.41, 5.74) is 9.50. The number of nitrogens with zero attached hydrogens (tertiary/aromatic N) is 2. The van der Waals surface area contributed by atoms with Gasteiger partial charge in [-0.15, -0.1) is 0 Å². The van der Waals surface area contributed by atoms with Crippen LogP contribution in [0.25, 0.3) is 22.4 Å². The Kier molecular flexibility index (Phi) is 4.63. The van der Waals surface area contributed by atoms with E-state index in [0.29, 0.717) is 22.5 Å². The van der Waals surface area contributed by atoms with E-state index in [9.17, 15) is 14.4 Å². The van der Waals surface area contributed by atoms with Crippen LogP contribution in [-0.4, -0.2) is 10.9 Å². The van der Waals surface area contributed by atoms with Gasteiger partial charge in [-0.1, -0.05) is 12.1 Å². The number of carbonyl (C=O) groups excluding carboxylic acids is 1. The van der Waals surface area contributed by atoms with Gasteiger partial charge in [-0.3, -0.25) is 4.79 Å². The Balaban J connectivity index is 2.09. The molecule has 0 atom stereocenters. The maximum absolute atomic E-state index is 13.2. The second kappa shape index (κ2) is 7.03. The van der Waals surface area contributed by atoms with E-state index in [2.05, 4.69) is 16.4 Å². The molecule has 1 amide bonds. The number of aromatic nitrogens is 1. The van der Waals surface area contributed by atoms with E-state index in [1.807, 2.05) is 0 Å². The standard InChI is InChI=1S/C20H15FN4O/c1-12(26)24-16-8-4-13(5-9-16)17-10-19(25-20(23)18(17)11-22)14-2-6-15(21)7-3-14/h2-10H,1H3,(H2,23,25)(H,24,26). The Morgan fingerprint density at radius 2 is 1.73 bits per heavy atom. The maximum atomic E-state index is 13.2. The average molecular weight is 346 g/mol. The second-order valence-corrected chi connectivity index (χ2v) is 5.69. The van der Waals surface area contributed by atoms with Gasteiger partial charge in [-0.25, -0.2) is 9.37 Å². The molecule has 0 bridgehead atoms. The topological polar surface area (TPSA) is 91.8 Å². The third-order valence-corrected chi connectivity index (χ3v) is 3.82. The third-order valence-electron chi connectivity index (χ3n) is 3.82. The first-order valence-corrected chi connectivity index (χ1v) is 7.82. The molecule has 128 valence electrons. The number of carbonyl (C=O) groups is 1. The van der Waals surface area contributed by atoms with Crippen molar-refractivity contribution < 1.29 is 9.18 Å². The van der Waals surface area contributed by atoms with E-state index in [1.54, 1.807) is 42.5 Å². The number of nitrogens with two attached hydrogens (primary N) is 1. The van der Waals surface area contributed by atoms with Crippen molar-refractivity contribution in [2.45, 2.75) is 6.92 Å². The van der Waals surface area contributed by atoms with Gasteiger partial charge in [0.05, 0.1) is 5.69 Å². The molecule has 0 radical (unpaired) electrons. The summed E-state index contributed by atoms with van der Waals surface area (Å²) in [4.78, 5) is 15.4. The monoisotopic (exact) mass is 346 g/mol. The summed E-state index contributed by atoms with van der Waals surface area (Å²) < 4.78 is 13.2. The molecule has 3 aromatic rings. The highest BCUT2D eigenvalue weighted by molar-refractivity contribution is 5.89. The normalized spacial score (nSPS) is 10.2. The molecule has 5 nitrogen and oxygen atoms in total. The molecule has 1 heterocycles. The quantitative estimate of drug-likeness (QED) is 0.751. The number of pyridine rings is 1. The van der Waals surface area contributed by atoms with Gasteiger partial charge >= 0.3 is 0 Å². The summed E-state index contributed by atoms with van der Waals surface area (Å²) in [5, 5.41) is 12.1. The molecule has 0 aliphatic carbocycles. The molecule has 0 saturated heterocycles. The molecule has 0 aliphatic rings. The van der Waals surface area contributed by atoms with Crippen LogP contribution in [0.4, 0.5) is 15.9 Å². The molecule has 0 aliphatic heterocycles. The molecule has 3 N–H and O–H groups in total. The summed E-state index contributed by atoms with van der Waals surface area (Å²) in [7, 11) is 0. The molecule has 0 spiro atoms. The van der Waals surface area contributed by atoms with Gasteiger partial charge in [0.1, 0.15) is 23.3 Å². The first-order chi connectivity index (χ1) is 12.5. The zero-order chi connectivity index (χ0) is 18.7. The molecule has 3 rings (SSSR count). The van der Waals surface area contributed by atoms with Crippen LogP contribution in [0, 0.1) is 17.1 Å². The van der Waals surface area contributed by atoms with Gasteiger partial charge in [0, 0.05) is 23.7 Å². The van der Waals surface area contributed by atoms with Crippen molar-refractivity contribution in [1.82, 2.24) is 4.98 Å². The van der Waals surface area contributed by atoms with Crippen LogP contribution in [0.1, 0.15) is 12.5 Å². The van der Waals surface area contributed by atoms with Gasteiger partial charge in [0.25, 0.3) is 0 Å². The van der Waals surface area contributed by atoms with Crippen LogP contribution < -0.4 is 11.1 Å². The highest BCUT2D eigenvalue weighted by Crippen LogP contribution is 2.31. The molecule has 0 unspecified atom stereocenters. The van der Waals surface area contributed by atoms with Gasteiger partial charge in [0.2, 0.25) is 5.91 Å². The van der Waals surface area contributed by atoms with Crippen molar-refractivity contribution in [1.29, 1.82) is 5.26 Å². The number of hydrogen-bond acceptors (Lipinski definition) is 4. The predicted octanol–water partition coefficient (Wildman–Crippen LogP) is 3.97. The number of nitriles is 1. The number of nitrogens with one attached hydrogen (secondary N) is 1. The molecule has 1 aromatic heterocycles. The highest BCUT2D eigenvalue weighted by Gasteiger charge is 2.13. The lowest BCUT2D eigenvalue weighted by Gasteiger charge is -2.11. The van der Waals surface area contributed by atoms with Crippen molar-refractivity contribution in [3.8, 4) is 28.5 Å². The summed E-state index contributed by atoms with van der Waals surface area (Å²) in [6.07, 6.45) is 0. The number of anilines is 2. The molecule has 6 heteroatoms. The third kappa shape index (κ3) is 3.52. The minimum Gasteiger partial charge on any atom is -0.383 e. The smallest absolute Gasteiger partial charge is 0.221 e. The predicted molar refractivity (Wildman–Crippen MR) is 98.5 cm³/mol. The van der Waals surface area contributed by atoms with E-state index in [0.717, 1.165) is 5.56 Å². The zero-order valence-electron chi connectivity index (χ0n) is 14.0. The fourth-order valence-electron chi connectivity index (χ4n) is 2.61. The van der Waals surface area contributed by atoms with E-state index < -0.39 is 0 Å². The lowest BCUT2D eigenvalue weighted by Crippen LogP contribution is -2.05. The fourth-order valence-corrected chi connectivity index (χ4v) is 2.61. The lowest BCUT2D eigenvalue weighted by molar-refractivity contribution is -0.114. The number of nitrogen functional groups attached to an aromatic ring is 1. The second-order valence-electron chi connectivity index (χ2n) is 5.69. The number of amides is 1. The first kappa shape index (κ1) is 17.1. The molecule has 2 aromatic carbocycles. The van der Waals surface area contributed by atoms with Crippen LogP contribution in [0.3, 0.4) is 0 Å². The maximum Gasteiger partial charge on any atom is 0.221 e. The van der Waals surface area contributed by atoms with Crippen molar-refractivity contribution in [2.24, 2.45) is 0 Å². The zero-order valence-corrected chi connectivity index (χ0v) is 14.0. The molecule has 26 heavy (non-hydrogen) atoms. The van der Waals surface area contributed by atoms with E-state index >= 15 is 0 Å². The summed E-state index contributed by atoms with van der Waals surface area (Å²) >= 11 is 0. The molecule has 0 saturated carbocycles. The highest BCUT2D eigenvalue weighted by atomic mass is 19.1. The van der Waals surface area contributed by atoms with Crippen molar-refractivity contribution in [3.63, 3.8) is 0 Å². The summed E-state index contributed by atoms with van der Waals surface area (Å²) in [5.74, 6) is -0.401. The van der Waals surface area contributed by atoms with E-state index in [4.69, 9.17) is 5.73 Å². The largest absolute Gasteiger partial charge is 0.383 e. The Morgan fingerprint density at radius 3 is 2.31 bits per heavy atom. The van der Waals surface area contributed by atoms with Gasteiger partial charge in [-0.2, -0.15) is 5.26 Å². The Bertz CT molecular complexity index is 1010. The summed E-state index contributed by atoms with van der Waals surface area (Å²) in [6.45, 7) is 1.43. The number of benzene rings is 2. The van der Waals surface area contributed by atoms with Crippen molar-refractivity contribution >= 4 is 17.4 Å². The molecular formula is C20H15FN4O. The SMILES string of the molecule is CC(=O)Nc1ccc(-c2cc(-c3ccc(F)cc3)nc(N)c2C#N)cc1. The number of halogens is 1. The fraction of sp³-hybridized carbons (Fsp3) is 0.0500. The number of rotatable bonds is 3. The van der Waals surface area contributed by atoms with Crippen molar-refractivity contribution in [2.75, 3.05) is 11.1 Å². The Hall–Kier alpha value is -3.72. The lowest BCUT2D eigenvalue weighted by atomic mass is 9.98. The van der Waals surface area contributed by atoms with Crippen molar-refractivity contribution in [3.05, 3.63) is 66.0 Å². The van der Waals surface area contributed by atoms with Crippen LogP contribution >= 0.6 is 0 Å². The minimum atomic E-state index is -0.343. The van der Waals surface area contributed by atoms with Gasteiger partial charge in [-0.05, 0) is 48.0 Å². The Labute approximate surface area is 149 Å². The van der Waals surface area contributed by atoms with Gasteiger partial charge in [0.15, 0.2) is 0 Å². The summed E-state index contributed by atoms with van der Waals surface area (Å²) in [6, 6.07) is 16.8. The minimum absolute atomic E-state index is 0.107. The average Bonchev–Trinajstić information content (AvgIpc) is 2.62. The van der Waals surface area contributed by atoms with Crippen LogP contribution in [0.2, 0.25) is 0 Å². The molecular weight excluding hydrogens is 331 g/mol. The first-order valence-electron chi connectivity index (χ1n) is 7.82. The van der Waals surface area contributed by atoms with E-state index in [1.165, 1.54) is 19.1 Å². The van der Waals surface area contributed by atoms with Gasteiger partial charge < -0.3 is 11.1 Å². The molecule has 0 fully saturated rings. The van der Waals surface area contributed by atoms with Crippen LogP contribution in [0.5, 0.6) is 0 Å². The Morgan fingerprint density at radius 1 is 1.12 bits per heavy atom. The number of hydrogen-bond donors (Lipinski definition) is 2. The van der Waals surface area contributed by atoms with Crippen LogP contribution in [-0.2, 0) is 4.79 Å². The van der Waals surface area contributed by atoms with E-state index in [-0.39, 0.29) is 23.1 Å². The van der Waals surface area contributed by atoms with Crippen LogP contribution in [0.15, 0.2) is 54.6 Å².